The Kier molecular flexibility index (Phi) is 7.85. The van der Waals surface area contributed by atoms with Gasteiger partial charge in [0.25, 0.3) is 11.8 Å². The lowest BCUT2D eigenvalue weighted by molar-refractivity contribution is -0.118. The third-order valence-electron chi connectivity index (χ3n) is 4.80. The van der Waals surface area contributed by atoms with Gasteiger partial charge in [-0.2, -0.15) is 5.26 Å². The number of ether oxygens (including phenoxy) is 1. The van der Waals surface area contributed by atoms with E-state index in [1.807, 2.05) is 32.0 Å². The van der Waals surface area contributed by atoms with E-state index in [0.717, 1.165) is 11.1 Å². The molecule has 3 aromatic carbocycles. The van der Waals surface area contributed by atoms with Gasteiger partial charge >= 0.3 is 0 Å². The van der Waals surface area contributed by atoms with Gasteiger partial charge in [0, 0.05) is 16.4 Å². The summed E-state index contributed by atoms with van der Waals surface area (Å²) in [7, 11) is 0. The predicted octanol–water partition coefficient (Wildman–Crippen LogP) is 5.52. The van der Waals surface area contributed by atoms with Crippen LogP contribution in [0.1, 0.15) is 16.7 Å². The van der Waals surface area contributed by atoms with Gasteiger partial charge in [-0.15, -0.1) is 0 Å². The standard InChI is InChI=1S/C26H22ClN3O3/c1-17-6-9-23(12-18(17)2)30-26(32)20(15-28)13-19-7-10-24(11-8-19)33-16-25(31)29-22-5-3-4-21(27)14-22/h3-14H,16H2,1-2H3,(H,29,31)(H,30,32)/b20-13+. The van der Waals surface area contributed by atoms with Crippen LogP contribution in [0.15, 0.2) is 72.3 Å². The lowest BCUT2D eigenvalue weighted by Gasteiger charge is -2.08. The first-order valence-electron chi connectivity index (χ1n) is 10.1. The molecule has 2 N–H and O–H groups in total. The Morgan fingerprint density at radius 1 is 0.970 bits per heavy atom. The van der Waals surface area contributed by atoms with Gasteiger partial charge in [0.05, 0.1) is 0 Å². The fourth-order valence-corrected chi connectivity index (χ4v) is 3.10. The van der Waals surface area contributed by atoms with E-state index < -0.39 is 5.91 Å². The molecule has 0 bridgehead atoms. The van der Waals surface area contributed by atoms with Crippen LogP contribution in [-0.2, 0) is 9.59 Å². The number of nitrogens with zero attached hydrogens (tertiary/aromatic N) is 1. The highest BCUT2D eigenvalue weighted by Crippen LogP contribution is 2.18. The first-order chi connectivity index (χ1) is 15.8. The second kappa shape index (κ2) is 11.0. The zero-order chi connectivity index (χ0) is 23.8. The highest BCUT2D eigenvalue weighted by atomic mass is 35.5. The Morgan fingerprint density at radius 3 is 2.36 bits per heavy atom. The van der Waals surface area contributed by atoms with Crippen molar-refractivity contribution in [2.45, 2.75) is 13.8 Å². The number of benzene rings is 3. The molecule has 7 heteroatoms. The topological polar surface area (TPSA) is 91.2 Å². The summed E-state index contributed by atoms with van der Waals surface area (Å²) in [6, 6.07) is 21.0. The molecule has 0 atom stereocenters. The maximum Gasteiger partial charge on any atom is 0.266 e. The minimum Gasteiger partial charge on any atom is -0.484 e. The Hall–Kier alpha value is -4.08. The van der Waals surface area contributed by atoms with Crippen molar-refractivity contribution in [2.24, 2.45) is 0 Å². The molecule has 0 saturated heterocycles. The number of halogens is 1. The number of hydrogen-bond donors (Lipinski definition) is 2. The number of amides is 2. The molecule has 0 aromatic heterocycles. The average molecular weight is 460 g/mol. The van der Waals surface area contributed by atoms with Gasteiger partial charge in [-0.25, -0.2) is 0 Å². The number of anilines is 2. The average Bonchev–Trinajstić information content (AvgIpc) is 2.79. The van der Waals surface area contributed by atoms with Crippen molar-refractivity contribution in [2.75, 3.05) is 17.2 Å². The molecule has 33 heavy (non-hydrogen) atoms. The Labute approximate surface area is 197 Å². The van der Waals surface area contributed by atoms with Crippen molar-refractivity contribution in [1.82, 2.24) is 0 Å². The molecule has 0 unspecified atom stereocenters. The van der Waals surface area contributed by atoms with Crippen LogP contribution in [-0.4, -0.2) is 18.4 Å². The number of nitrogens with one attached hydrogen (secondary N) is 2. The second-order valence-electron chi connectivity index (χ2n) is 7.34. The Bertz CT molecular complexity index is 1240. The molecule has 0 spiro atoms. The fourth-order valence-electron chi connectivity index (χ4n) is 2.91. The molecule has 6 nitrogen and oxygen atoms in total. The predicted molar refractivity (Wildman–Crippen MR) is 130 cm³/mol. The molecule has 0 aliphatic carbocycles. The molecular weight excluding hydrogens is 438 g/mol. The second-order valence-corrected chi connectivity index (χ2v) is 7.78. The maximum atomic E-state index is 12.5. The maximum absolute atomic E-state index is 12.5. The molecule has 0 radical (unpaired) electrons. The third kappa shape index (κ3) is 6.96. The van der Waals surface area contributed by atoms with Crippen LogP contribution >= 0.6 is 11.6 Å². The van der Waals surface area contributed by atoms with Crippen molar-refractivity contribution in [3.8, 4) is 11.8 Å². The molecule has 0 saturated carbocycles. The summed E-state index contributed by atoms with van der Waals surface area (Å²) < 4.78 is 5.49. The lowest BCUT2D eigenvalue weighted by Crippen LogP contribution is -2.20. The van der Waals surface area contributed by atoms with Gasteiger partial charge in [0.1, 0.15) is 17.4 Å². The molecular formula is C26H22ClN3O3. The summed E-state index contributed by atoms with van der Waals surface area (Å²) in [5, 5.41) is 15.4. The molecule has 3 rings (SSSR count). The SMILES string of the molecule is Cc1ccc(NC(=O)/C(C#N)=C/c2ccc(OCC(=O)Nc3cccc(Cl)c3)cc2)cc1C. The Morgan fingerprint density at radius 2 is 1.70 bits per heavy atom. The molecule has 3 aromatic rings. The summed E-state index contributed by atoms with van der Waals surface area (Å²) in [6.07, 6.45) is 1.49. The number of carbonyl (C=O) groups is 2. The number of nitriles is 1. The summed E-state index contributed by atoms with van der Waals surface area (Å²) in [4.78, 5) is 24.5. The van der Waals surface area contributed by atoms with E-state index in [2.05, 4.69) is 10.6 Å². The molecule has 0 aliphatic heterocycles. The van der Waals surface area contributed by atoms with Gasteiger partial charge in [0.2, 0.25) is 0 Å². The normalized spacial score (nSPS) is 10.8. The van der Waals surface area contributed by atoms with Crippen LogP contribution in [0.25, 0.3) is 6.08 Å². The van der Waals surface area contributed by atoms with Crippen molar-refractivity contribution in [1.29, 1.82) is 5.26 Å². The van der Waals surface area contributed by atoms with Gasteiger partial charge in [-0.1, -0.05) is 35.9 Å². The van der Waals surface area contributed by atoms with Gasteiger partial charge in [-0.05, 0) is 79.1 Å². The zero-order valence-corrected chi connectivity index (χ0v) is 18.9. The largest absolute Gasteiger partial charge is 0.484 e. The van der Waals surface area contributed by atoms with E-state index >= 15 is 0 Å². The third-order valence-corrected chi connectivity index (χ3v) is 5.03. The lowest BCUT2D eigenvalue weighted by atomic mass is 10.1. The van der Waals surface area contributed by atoms with Gasteiger partial charge in [0.15, 0.2) is 6.61 Å². The van der Waals surface area contributed by atoms with Gasteiger partial charge in [-0.3, -0.25) is 9.59 Å². The minimum absolute atomic E-state index is 0.0252. The number of rotatable bonds is 7. The number of hydrogen-bond acceptors (Lipinski definition) is 4. The number of aryl methyl sites for hydroxylation is 2. The summed E-state index contributed by atoms with van der Waals surface area (Å²) >= 11 is 5.90. The summed E-state index contributed by atoms with van der Waals surface area (Å²) in [6.45, 7) is 3.76. The zero-order valence-electron chi connectivity index (χ0n) is 18.2. The molecule has 0 aliphatic rings. The number of carbonyl (C=O) groups excluding carboxylic acids is 2. The van der Waals surface area contributed by atoms with Gasteiger partial charge < -0.3 is 15.4 Å². The summed E-state index contributed by atoms with van der Waals surface area (Å²) in [5.74, 6) is -0.332. The van der Waals surface area contributed by atoms with E-state index in [4.69, 9.17) is 16.3 Å². The van der Waals surface area contributed by atoms with E-state index in [-0.39, 0.29) is 18.1 Å². The molecule has 166 valence electrons. The molecule has 2 amide bonds. The van der Waals surface area contributed by atoms with Crippen molar-refractivity contribution in [3.63, 3.8) is 0 Å². The monoisotopic (exact) mass is 459 g/mol. The van der Waals surface area contributed by atoms with E-state index in [0.29, 0.717) is 27.7 Å². The smallest absolute Gasteiger partial charge is 0.266 e. The van der Waals surface area contributed by atoms with Crippen LogP contribution < -0.4 is 15.4 Å². The van der Waals surface area contributed by atoms with Crippen molar-refractivity contribution < 1.29 is 14.3 Å². The quantitative estimate of drug-likeness (QED) is 0.359. The van der Waals surface area contributed by atoms with E-state index in [9.17, 15) is 14.9 Å². The van der Waals surface area contributed by atoms with Crippen molar-refractivity contribution in [3.05, 3.63) is 94.0 Å². The first-order valence-corrected chi connectivity index (χ1v) is 10.5. The van der Waals surface area contributed by atoms with Crippen LogP contribution in [0.5, 0.6) is 5.75 Å². The van der Waals surface area contributed by atoms with Crippen LogP contribution in [0, 0.1) is 25.2 Å². The fraction of sp³-hybridized carbons (Fsp3) is 0.115. The van der Waals surface area contributed by atoms with Crippen LogP contribution in [0.2, 0.25) is 5.02 Å². The minimum atomic E-state index is -0.487. The van der Waals surface area contributed by atoms with Crippen LogP contribution in [0.3, 0.4) is 0 Å². The van der Waals surface area contributed by atoms with Crippen molar-refractivity contribution >= 4 is 40.9 Å². The van der Waals surface area contributed by atoms with E-state index in [1.165, 1.54) is 6.08 Å². The molecule has 0 heterocycles. The highest BCUT2D eigenvalue weighted by molar-refractivity contribution is 6.30. The highest BCUT2D eigenvalue weighted by Gasteiger charge is 2.10. The van der Waals surface area contributed by atoms with Crippen LogP contribution in [0.4, 0.5) is 11.4 Å². The summed E-state index contributed by atoms with van der Waals surface area (Å²) in [5.41, 5.74) is 4.00. The first kappa shape index (κ1) is 23.6. The molecule has 0 fully saturated rings. The van der Waals surface area contributed by atoms with E-state index in [1.54, 1.807) is 54.6 Å². The Balaban J connectivity index is 1.58.